The van der Waals surface area contributed by atoms with E-state index in [2.05, 4.69) is 19.6 Å². The lowest BCUT2D eigenvalue weighted by Crippen LogP contribution is -2.35. The van der Waals surface area contributed by atoms with E-state index in [-0.39, 0.29) is 0 Å². The summed E-state index contributed by atoms with van der Waals surface area (Å²) in [5.74, 6) is 2.22. The molecule has 0 saturated heterocycles. The Morgan fingerprint density at radius 3 is 2.59 bits per heavy atom. The van der Waals surface area contributed by atoms with E-state index < -0.39 is 11.2 Å². The van der Waals surface area contributed by atoms with Crippen LogP contribution >= 0.6 is 0 Å². The molecule has 0 aromatic rings. The molecule has 0 unspecified atom stereocenters. The molecule has 22 heavy (non-hydrogen) atoms. The zero-order valence-electron chi connectivity index (χ0n) is 14.6. The summed E-state index contributed by atoms with van der Waals surface area (Å²) < 4.78 is 0. The summed E-state index contributed by atoms with van der Waals surface area (Å²) in [5.41, 5.74) is 0.408. The number of hydrogen-bond acceptors (Lipinski definition) is 2. The molecule has 0 heterocycles. The Balaban J connectivity index is 1.81. The molecule has 0 aromatic carbocycles. The topological polar surface area (TPSA) is 40.5 Å². The fraction of sp³-hybridized carbons (Fsp3) is 0.800. The lowest BCUT2D eigenvalue weighted by atomic mass is 9.77. The molecular formula is C20H32O2. The SMILES string of the molecule is C=C1CC[C@@H]2[C@H]([C@@H]3[C@H]1CC[C@]3(C)O)[C@@]2(C)C/C=C/C(C)(C)O. The van der Waals surface area contributed by atoms with Gasteiger partial charge in [-0.2, -0.15) is 0 Å². The van der Waals surface area contributed by atoms with Crippen LogP contribution in [0.4, 0.5) is 0 Å². The predicted molar refractivity (Wildman–Crippen MR) is 90.4 cm³/mol. The first-order chi connectivity index (χ1) is 10.1. The van der Waals surface area contributed by atoms with Gasteiger partial charge in [-0.15, -0.1) is 0 Å². The average Bonchev–Trinajstić information content (AvgIpc) is 2.85. The van der Waals surface area contributed by atoms with Gasteiger partial charge in [-0.25, -0.2) is 0 Å². The van der Waals surface area contributed by atoms with Crippen LogP contribution in [0.1, 0.15) is 59.8 Å². The quantitative estimate of drug-likeness (QED) is 0.771. The maximum absolute atomic E-state index is 10.9. The van der Waals surface area contributed by atoms with E-state index in [1.54, 1.807) is 0 Å². The molecule has 3 rings (SSSR count). The third-order valence-corrected chi connectivity index (χ3v) is 6.82. The van der Waals surface area contributed by atoms with E-state index >= 15 is 0 Å². The average molecular weight is 304 g/mol. The molecular weight excluding hydrogens is 272 g/mol. The van der Waals surface area contributed by atoms with Gasteiger partial charge in [0.15, 0.2) is 0 Å². The summed E-state index contributed by atoms with van der Waals surface area (Å²) in [4.78, 5) is 0. The van der Waals surface area contributed by atoms with Crippen molar-refractivity contribution in [1.29, 1.82) is 0 Å². The molecule has 3 aliphatic carbocycles. The third kappa shape index (κ3) is 2.59. The largest absolute Gasteiger partial charge is 0.390 e. The van der Waals surface area contributed by atoms with Gasteiger partial charge in [0.05, 0.1) is 11.2 Å². The van der Waals surface area contributed by atoms with Crippen LogP contribution < -0.4 is 0 Å². The van der Waals surface area contributed by atoms with E-state index in [9.17, 15) is 10.2 Å². The number of allylic oxidation sites excluding steroid dienone is 2. The van der Waals surface area contributed by atoms with Crippen molar-refractivity contribution in [3.63, 3.8) is 0 Å². The van der Waals surface area contributed by atoms with E-state index in [1.807, 2.05) is 26.8 Å². The van der Waals surface area contributed by atoms with Crippen LogP contribution in [0.2, 0.25) is 0 Å². The molecule has 3 saturated carbocycles. The Kier molecular flexibility index (Phi) is 3.66. The van der Waals surface area contributed by atoms with E-state index in [0.29, 0.717) is 29.1 Å². The van der Waals surface area contributed by atoms with Crippen molar-refractivity contribution in [2.45, 2.75) is 71.0 Å². The number of aliphatic hydroxyl groups is 2. The molecule has 0 aliphatic heterocycles. The molecule has 2 nitrogen and oxygen atoms in total. The molecule has 0 spiro atoms. The molecule has 0 bridgehead atoms. The molecule has 2 heteroatoms. The maximum atomic E-state index is 10.9. The highest BCUT2D eigenvalue weighted by molar-refractivity contribution is 5.24. The van der Waals surface area contributed by atoms with Crippen molar-refractivity contribution >= 4 is 0 Å². The van der Waals surface area contributed by atoms with Crippen molar-refractivity contribution in [1.82, 2.24) is 0 Å². The second-order valence-electron chi connectivity index (χ2n) is 9.12. The van der Waals surface area contributed by atoms with Gasteiger partial charge in [0.25, 0.3) is 0 Å². The van der Waals surface area contributed by atoms with Crippen LogP contribution in [0.25, 0.3) is 0 Å². The van der Waals surface area contributed by atoms with Crippen LogP contribution in [0, 0.1) is 29.1 Å². The Morgan fingerprint density at radius 2 is 1.95 bits per heavy atom. The number of fused-ring (bicyclic) bond motifs is 3. The van der Waals surface area contributed by atoms with Crippen LogP contribution in [0.15, 0.2) is 24.3 Å². The molecule has 0 radical (unpaired) electrons. The Hall–Kier alpha value is -0.600. The second kappa shape index (κ2) is 4.95. The first-order valence-corrected chi connectivity index (χ1v) is 8.86. The van der Waals surface area contributed by atoms with Gasteiger partial charge in [0.2, 0.25) is 0 Å². The summed E-state index contributed by atoms with van der Waals surface area (Å²) in [7, 11) is 0. The summed E-state index contributed by atoms with van der Waals surface area (Å²) in [6, 6.07) is 0. The van der Waals surface area contributed by atoms with E-state index in [1.165, 1.54) is 12.0 Å². The molecule has 124 valence electrons. The van der Waals surface area contributed by atoms with Gasteiger partial charge in [0.1, 0.15) is 0 Å². The first kappa shape index (κ1) is 16.3. The Bertz CT molecular complexity index is 496. The van der Waals surface area contributed by atoms with Gasteiger partial charge in [-0.05, 0) is 82.0 Å². The summed E-state index contributed by atoms with van der Waals surface area (Å²) in [6.07, 6.45) is 9.46. The molecule has 6 atom stereocenters. The second-order valence-corrected chi connectivity index (χ2v) is 9.12. The Morgan fingerprint density at radius 1 is 1.27 bits per heavy atom. The zero-order chi connectivity index (χ0) is 16.3. The minimum atomic E-state index is -0.733. The summed E-state index contributed by atoms with van der Waals surface area (Å²) in [5, 5.41) is 20.8. The third-order valence-electron chi connectivity index (χ3n) is 6.82. The molecule has 3 aliphatic rings. The van der Waals surface area contributed by atoms with Gasteiger partial charge < -0.3 is 10.2 Å². The standard InChI is InChI=1S/C20H32O2/c1-13-7-8-15-17(16-14(13)9-12-20(16,5)22)19(15,4)11-6-10-18(2,3)21/h6,10,14-17,21-22H,1,7-9,11-12H2,2-5H3/b10-6+/t14-,15+,16-,17+,19-,20-/m0/s1. The van der Waals surface area contributed by atoms with Gasteiger partial charge in [-0.3, -0.25) is 0 Å². The summed E-state index contributed by atoms with van der Waals surface area (Å²) in [6.45, 7) is 12.4. The van der Waals surface area contributed by atoms with Crippen molar-refractivity contribution < 1.29 is 10.2 Å². The minimum absolute atomic E-state index is 0.291. The zero-order valence-corrected chi connectivity index (χ0v) is 14.6. The van der Waals surface area contributed by atoms with Gasteiger partial charge >= 0.3 is 0 Å². The fourth-order valence-electron chi connectivity index (χ4n) is 5.61. The van der Waals surface area contributed by atoms with Crippen molar-refractivity contribution in [2.24, 2.45) is 29.1 Å². The van der Waals surface area contributed by atoms with Gasteiger partial charge in [0, 0.05) is 0 Å². The Labute approximate surface area is 135 Å². The van der Waals surface area contributed by atoms with Crippen molar-refractivity contribution in [2.75, 3.05) is 0 Å². The molecule has 0 aromatic heterocycles. The molecule has 0 amide bonds. The maximum Gasteiger partial charge on any atom is 0.0771 e. The van der Waals surface area contributed by atoms with Crippen molar-refractivity contribution in [3.05, 3.63) is 24.3 Å². The molecule has 2 N–H and O–H groups in total. The van der Waals surface area contributed by atoms with Gasteiger partial charge in [-0.1, -0.05) is 31.2 Å². The first-order valence-electron chi connectivity index (χ1n) is 8.86. The normalized spacial score (nSPS) is 48.2. The smallest absolute Gasteiger partial charge is 0.0771 e. The minimum Gasteiger partial charge on any atom is -0.390 e. The van der Waals surface area contributed by atoms with Crippen molar-refractivity contribution in [3.8, 4) is 0 Å². The summed E-state index contributed by atoms with van der Waals surface area (Å²) >= 11 is 0. The lowest BCUT2D eigenvalue weighted by Gasteiger charge is -2.32. The van der Waals surface area contributed by atoms with Crippen LogP contribution in [0.3, 0.4) is 0 Å². The fourth-order valence-corrected chi connectivity index (χ4v) is 5.61. The lowest BCUT2D eigenvalue weighted by molar-refractivity contribution is -0.00194. The van der Waals surface area contributed by atoms with Crippen LogP contribution in [-0.4, -0.2) is 21.4 Å². The van der Waals surface area contributed by atoms with Crippen LogP contribution in [0.5, 0.6) is 0 Å². The van der Waals surface area contributed by atoms with E-state index in [0.717, 1.165) is 25.7 Å². The monoisotopic (exact) mass is 304 g/mol. The highest BCUT2D eigenvalue weighted by Gasteiger charge is 2.68. The van der Waals surface area contributed by atoms with E-state index in [4.69, 9.17) is 0 Å². The highest BCUT2D eigenvalue weighted by atomic mass is 16.3. The predicted octanol–water partition coefficient (Wildman–Crippen LogP) is 4.08. The van der Waals surface area contributed by atoms with Crippen LogP contribution in [-0.2, 0) is 0 Å². The highest BCUT2D eigenvalue weighted by Crippen LogP contribution is 2.72. The number of hydrogen-bond donors (Lipinski definition) is 2. The number of rotatable bonds is 3. The molecule has 3 fully saturated rings.